The van der Waals surface area contributed by atoms with Crippen molar-refractivity contribution in [3.05, 3.63) is 42.0 Å². The molecular weight excluding hydrogens is 332 g/mol. The zero-order valence-corrected chi connectivity index (χ0v) is 14.7. The first kappa shape index (κ1) is 16.8. The summed E-state index contributed by atoms with van der Waals surface area (Å²) in [6.07, 6.45) is 7.73. The summed E-state index contributed by atoms with van der Waals surface area (Å²) in [5, 5.41) is 13.8. The molecule has 1 amide bonds. The highest BCUT2D eigenvalue weighted by Crippen LogP contribution is 2.40. The van der Waals surface area contributed by atoms with E-state index in [2.05, 4.69) is 10.1 Å². The molecule has 0 radical (unpaired) electrons. The first-order valence-corrected chi connectivity index (χ1v) is 9.07. The van der Waals surface area contributed by atoms with E-state index in [0.717, 1.165) is 36.9 Å². The van der Waals surface area contributed by atoms with Crippen LogP contribution in [0.4, 0.5) is 0 Å². The van der Waals surface area contributed by atoms with Gasteiger partial charge in [-0.3, -0.25) is 4.79 Å². The Bertz CT molecular complexity index is 833. The molecule has 0 bridgehead atoms. The molecule has 3 atom stereocenters. The van der Waals surface area contributed by atoms with Gasteiger partial charge in [-0.15, -0.1) is 0 Å². The predicted octanol–water partition coefficient (Wildman–Crippen LogP) is 2.43. The molecule has 26 heavy (non-hydrogen) atoms. The average Bonchev–Trinajstić information content (AvgIpc) is 3.29. The smallest absolute Gasteiger partial charge is 0.326 e. The minimum absolute atomic E-state index is 0.0479. The molecule has 0 spiro atoms. The third kappa shape index (κ3) is 2.77. The van der Waals surface area contributed by atoms with Crippen molar-refractivity contribution in [2.24, 2.45) is 5.92 Å². The molecule has 2 fully saturated rings. The lowest BCUT2D eigenvalue weighted by Crippen LogP contribution is -2.46. The number of nitrogens with zero attached hydrogens (tertiary/aromatic N) is 4. The SMILES string of the molecule is Cc1cc(-n2cncn2)ccc1C(=O)N1[C@H](C(=O)O)C[C@H]2CCCC[C@@H]21. The molecule has 7 nitrogen and oxygen atoms in total. The third-order valence-electron chi connectivity index (χ3n) is 5.73. The molecular formula is C19H22N4O3. The number of carboxylic acids is 1. The van der Waals surface area contributed by atoms with Crippen molar-refractivity contribution < 1.29 is 14.7 Å². The minimum Gasteiger partial charge on any atom is -0.480 e. The Morgan fingerprint density at radius 3 is 2.73 bits per heavy atom. The highest BCUT2D eigenvalue weighted by Gasteiger charge is 2.47. The monoisotopic (exact) mass is 354 g/mol. The second-order valence-corrected chi connectivity index (χ2v) is 7.25. The Hall–Kier alpha value is -2.70. The lowest BCUT2D eigenvalue weighted by Gasteiger charge is -2.33. The number of carboxylic acid groups (broad SMARTS) is 1. The van der Waals surface area contributed by atoms with E-state index in [1.54, 1.807) is 22.0 Å². The summed E-state index contributed by atoms with van der Waals surface area (Å²) in [7, 11) is 0. The number of likely N-dealkylation sites (tertiary alicyclic amines) is 1. The number of aromatic nitrogens is 3. The number of carbonyl (C=O) groups excluding carboxylic acids is 1. The molecule has 1 N–H and O–H groups in total. The summed E-state index contributed by atoms with van der Waals surface area (Å²) in [6.45, 7) is 1.87. The number of aliphatic carboxylic acids is 1. The van der Waals surface area contributed by atoms with E-state index in [1.165, 1.54) is 6.33 Å². The summed E-state index contributed by atoms with van der Waals surface area (Å²) in [4.78, 5) is 30.6. The van der Waals surface area contributed by atoms with Gasteiger partial charge in [0.2, 0.25) is 0 Å². The Morgan fingerprint density at radius 1 is 1.23 bits per heavy atom. The molecule has 2 aromatic rings. The van der Waals surface area contributed by atoms with Crippen molar-refractivity contribution in [2.45, 2.75) is 51.1 Å². The highest BCUT2D eigenvalue weighted by molar-refractivity contribution is 5.98. The Balaban J connectivity index is 1.66. The van der Waals surface area contributed by atoms with Crippen LogP contribution in [0, 0.1) is 12.8 Å². The molecule has 1 aromatic heterocycles. The van der Waals surface area contributed by atoms with Gasteiger partial charge in [-0.25, -0.2) is 14.5 Å². The van der Waals surface area contributed by atoms with Crippen LogP contribution in [-0.2, 0) is 4.79 Å². The largest absolute Gasteiger partial charge is 0.480 e. The van der Waals surface area contributed by atoms with Gasteiger partial charge >= 0.3 is 5.97 Å². The van der Waals surface area contributed by atoms with Gasteiger partial charge in [0.05, 0.1) is 5.69 Å². The van der Waals surface area contributed by atoms with Gasteiger partial charge in [-0.05, 0) is 55.9 Å². The minimum atomic E-state index is -0.898. The summed E-state index contributed by atoms with van der Waals surface area (Å²) in [5.41, 5.74) is 2.20. The second-order valence-electron chi connectivity index (χ2n) is 7.25. The summed E-state index contributed by atoms with van der Waals surface area (Å²) in [6, 6.07) is 4.80. The molecule has 7 heteroatoms. The van der Waals surface area contributed by atoms with Crippen LogP contribution in [0.2, 0.25) is 0 Å². The Kier molecular flexibility index (Phi) is 4.22. The first-order chi connectivity index (χ1) is 12.6. The van der Waals surface area contributed by atoms with Crippen LogP contribution < -0.4 is 0 Å². The fourth-order valence-corrected chi connectivity index (χ4v) is 4.48. The van der Waals surface area contributed by atoms with Crippen LogP contribution in [0.1, 0.15) is 48.0 Å². The van der Waals surface area contributed by atoms with Crippen molar-refractivity contribution in [2.75, 3.05) is 0 Å². The van der Waals surface area contributed by atoms with E-state index in [-0.39, 0.29) is 11.9 Å². The van der Waals surface area contributed by atoms with E-state index < -0.39 is 12.0 Å². The van der Waals surface area contributed by atoms with Gasteiger partial charge < -0.3 is 10.0 Å². The topological polar surface area (TPSA) is 88.3 Å². The van der Waals surface area contributed by atoms with Crippen molar-refractivity contribution in [3.8, 4) is 5.69 Å². The maximum atomic E-state index is 13.3. The number of carbonyl (C=O) groups is 2. The number of rotatable bonds is 3. The van der Waals surface area contributed by atoms with E-state index in [0.29, 0.717) is 17.9 Å². The molecule has 1 aliphatic heterocycles. The fourth-order valence-electron chi connectivity index (χ4n) is 4.48. The Labute approximate surface area is 151 Å². The van der Waals surface area contributed by atoms with Gasteiger partial charge in [0.15, 0.2) is 0 Å². The zero-order chi connectivity index (χ0) is 18.3. The summed E-state index contributed by atoms with van der Waals surface area (Å²) < 4.78 is 1.63. The van der Waals surface area contributed by atoms with Crippen molar-refractivity contribution in [3.63, 3.8) is 0 Å². The Morgan fingerprint density at radius 2 is 2.04 bits per heavy atom. The molecule has 1 saturated heterocycles. The van der Waals surface area contributed by atoms with Crippen LogP contribution in [0.3, 0.4) is 0 Å². The molecule has 0 unspecified atom stereocenters. The van der Waals surface area contributed by atoms with Gasteiger partial charge in [-0.1, -0.05) is 12.8 Å². The normalized spacial score (nSPS) is 25.1. The van der Waals surface area contributed by atoms with E-state index in [9.17, 15) is 14.7 Å². The summed E-state index contributed by atoms with van der Waals surface area (Å²) >= 11 is 0. The van der Waals surface area contributed by atoms with E-state index in [1.807, 2.05) is 19.1 Å². The third-order valence-corrected chi connectivity index (χ3v) is 5.73. The standard InChI is InChI=1S/C19H22N4O3/c1-12-8-14(22-11-20-10-21-22)6-7-15(12)18(24)23-16-5-3-2-4-13(16)9-17(23)19(25)26/h6-8,10-11,13,16-17H,2-5,9H2,1H3,(H,25,26)/t13-,16+,17+/m1/s1. The first-order valence-electron chi connectivity index (χ1n) is 9.07. The zero-order valence-electron chi connectivity index (χ0n) is 14.7. The molecule has 1 aliphatic carbocycles. The van der Waals surface area contributed by atoms with Crippen LogP contribution in [0.25, 0.3) is 5.69 Å². The quantitative estimate of drug-likeness (QED) is 0.914. The maximum Gasteiger partial charge on any atom is 0.326 e. The van der Waals surface area contributed by atoms with Gasteiger partial charge in [-0.2, -0.15) is 5.10 Å². The van der Waals surface area contributed by atoms with E-state index in [4.69, 9.17) is 0 Å². The number of amides is 1. The number of aryl methyl sites for hydroxylation is 1. The second kappa shape index (κ2) is 6.55. The lowest BCUT2D eigenvalue weighted by atomic mass is 9.84. The molecule has 1 saturated carbocycles. The molecule has 136 valence electrons. The fraction of sp³-hybridized carbons (Fsp3) is 0.474. The van der Waals surface area contributed by atoms with Gasteiger partial charge in [0.1, 0.15) is 18.7 Å². The average molecular weight is 354 g/mol. The maximum absolute atomic E-state index is 13.3. The van der Waals surface area contributed by atoms with Crippen molar-refractivity contribution in [1.82, 2.24) is 19.7 Å². The number of hydrogen-bond acceptors (Lipinski definition) is 4. The summed E-state index contributed by atoms with van der Waals surface area (Å²) in [5.74, 6) is -0.761. The lowest BCUT2D eigenvalue weighted by molar-refractivity contribution is -0.141. The number of fused-ring (bicyclic) bond motifs is 1. The van der Waals surface area contributed by atoms with Crippen LogP contribution in [0.5, 0.6) is 0 Å². The van der Waals surface area contributed by atoms with Crippen LogP contribution >= 0.6 is 0 Å². The van der Waals surface area contributed by atoms with Crippen molar-refractivity contribution in [1.29, 1.82) is 0 Å². The van der Waals surface area contributed by atoms with Gasteiger partial charge in [0.25, 0.3) is 5.91 Å². The van der Waals surface area contributed by atoms with Gasteiger partial charge in [0, 0.05) is 11.6 Å². The molecule has 2 heterocycles. The van der Waals surface area contributed by atoms with Crippen LogP contribution in [-0.4, -0.2) is 48.7 Å². The number of hydrogen-bond donors (Lipinski definition) is 1. The molecule has 4 rings (SSSR count). The molecule has 1 aromatic carbocycles. The highest BCUT2D eigenvalue weighted by atomic mass is 16.4. The number of benzene rings is 1. The van der Waals surface area contributed by atoms with Crippen LogP contribution in [0.15, 0.2) is 30.9 Å². The molecule has 2 aliphatic rings. The van der Waals surface area contributed by atoms with Crippen molar-refractivity contribution >= 4 is 11.9 Å². The van der Waals surface area contributed by atoms with E-state index >= 15 is 0 Å². The predicted molar refractivity (Wildman–Crippen MR) is 94.1 cm³/mol.